The Morgan fingerprint density at radius 1 is 1.26 bits per heavy atom. The van der Waals surface area contributed by atoms with Crippen LogP contribution in [0.2, 0.25) is 0 Å². The van der Waals surface area contributed by atoms with Crippen molar-refractivity contribution < 1.29 is 4.74 Å². The Bertz CT molecular complexity index is 274. The van der Waals surface area contributed by atoms with Crippen molar-refractivity contribution in [2.24, 2.45) is 11.8 Å². The van der Waals surface area contributed by atoms with Crippen LogP contribution in [0.3, 0.4) is 0 Å². The third-order valence-electron chi connectivity index (χ3n) is 5.07. The minimum Gasteiger partial charge on any atom is -0.383 e. The number of ether oxygens (including phenoxy) is 1. The van der Waals surface area contributed by atoms with Gasteiger partial charge in [-0.2, -0.15) is 0 Å². The molecule has 1 N–H and O–H groups in total. The van der Waals surface area contributed by atoms with E-state index in [1.165, 1.54) is 45.3 Å². The van der Waals surface area contributed by atoms with Gasteiger partial charge in [-0.25, -0.2) is 0 Å². The molecular weight excluding hydrogens is 236 g/mol. The first kappa shape index (κ1) is 15.3. The van der Waals surface area contributed by atoms with E-state index in [2.05, 4.69) is 31.0 Å². The van der Waals surface area contributed by atoms with Gasteiger partial charge >= 0.3 is 0 Å². The third-order valence-corrected chi connectivity index (χ3v) is 5.07. The summed E-state index contributed by atoms with van der Waals surface area (Å²) in [6.45, 7) is 11.6. The van der Waals surface area contributed by atoms with E-state index in [1.807, 2.05) is 7.11 Å². The highest BCUT2D eigenvalue weighted by atomic mass is 16.5. The van der Waals surface area contributed by atoms with E-state index in [0.29, 0.717) is 0 Å². The molecule has 2 heterocycles. The molecule has 0 saturated carbocycles. The van der Waals surface area contributed by atoms with Crippen LogP contribution >= 0.6 is 0 Å². The Hall–Kier alpha value is -0.120. The van der Waals surface area contributed by atoms with Crippen molar-refractivity contribution in [3.8, 4) is 0 Å². The number of hydrogen-bond donors (Lipinski definition) is 1. The summed E-state index contributed by atoms with van der Waals surface area (Å²) in [5, 5.41) is 3.67. The van der Waals surface area contributed by atoms with E-state index >= 15 is 0 Å². The average Bonchev–Trinajstić information content (AvgIpc) is 2.72. The summed E-state index contributed by atoms with van der Waals surface area (Å²) in [4.78, 5) is 2.62. The molecular formula is C16H32N2O. The first-order valence-electron chi connectivity index (χ1n) is 8.00. The normalized spacial score (nSPS) is 34.3. The molecule has 3 heteroatoms. The van der Waals surface area contributed by atoms with Crippen LogP contribution in [-0.4, -0.2) is 49.8 Å². The molecule has 0 aromatic carbocycles. The van der Waals surface area contributed by atoms with Crippen molar-refractivity contribution in [1.29, 1.82) is 0 Å². The summed E-state index contributed by atoms with van der Waals surface area (Å²) in [6.07, 6.45) is 5.49. The number of methoxy groups -OCH3 is 1. The highest BCUT2D eigenvalue weighted by molar-refractivity contribution is 4.94. The second-order valence-corrected chi connectivity index (χ2v) is 7.25. The van der Waals surface area contributed by atoms with Gasteiger partial charge < -0.3 is 15.0 Å². The fourth-order valence-corrected chi connectivity index (χ4v) is 3.94. The molecule has 0 amide bonds. The van der Waals surface area contributed by atoms with Crippen molar-refractivity contribution in [3.63, 3.8) is 0 Å². The number of nitrogens with zero attached hydrogens (tertiary/aromatic N) is 1. The van der Waals surface area contributed by atoms with E-state index in [0.717, 1.165) is 24.5 Å². The largest absolute Gasteiger partial charge is 0.383 e. The molecule has 2 unspecified atom stereocenters. The molecule has 0 radical (unpaired) electrons. The van der Waals surface area contributed by atoms with Gasteiger partial charge in [0.25, 0.3) is 0 Å². The maximum absolute atomic E-state index is 5.34. The Balaban J connectivity index is 1.72. The van der Waals surface area contributed by atoms with Gasteiger partial charge in [-0.05, 0) is 77.9 Å². The maximum Gasteiger partial charge on any atom is 0.0641 e. The van der Waals surface area contributed by atoms with Gasteiger partial charge in [-0.1, -0.05) is 0 Å². The van der Waals surface area contributed by atoms with Crippen LogP contribution in [0.25, 0.3) is 0 Å². The Kier molecular flexibility index (Phi) is 5.27. The lowest BCUT2D eigenvalue weighted by Gasteiger charge is -2.35. The number of hydrogen-bond acceptors (Lipinski definition) is 3. The van der Waals surface area contributed by atoms with Crippen LogP contribution < -0.4 is 5.32 Å². The van der Waals surface area contributed by atoms with Crippen LogP contribution in [0, 0.1) is 11.8 Å². The van der Waals surface area contributed by atoms with Crippen LogP contribution in [0.4, 0.5) is 0 Å². The van der Waals surface area contributed by atoms with Gasteiger partial charge in [-0.15, -0.1) is 0 Å². The van der Waals surface area contributed by atoms with Crippen LogP contribution in [0.15, 0.2) is 0 Å². The van der Waals surface area contributed by atoms with Gasteiger partial charge in [0.2, 0.25) is 0 Å². The van der Waals surface area contributed by atoms with Crippen LogP contribution in [0.1, 0.15) is 46.5 Å². The standard InChI is InChI=1S/C16H32N2O/c1-13(2)18-7-5-14(6-8-18)9-15-10-16(3,12-19-4)17-11-15/h13-15,17H,5-12H2,1-4H3. The van der Waals surface area contributed by atoms with E-state index in [1.54, 1.807) is 0 Å². The second-order valence-electron chi connectivity index (χ2n) is 7.25. The van der Waals surface area contributed by atoms with Crippen molar-refractivity contribution in [2.45, 2.75) is 58.0 Å². The number of rotatable bonds is 5. The molecule has 2 atom stereocenters. The van der Waals surface area contributed by atoms with E-state index in [-0.39, 0.29) is 5.54 Å². The van der Waals surface area contributed by atoms with Gasteiger partial charge in [0.15, 0.2) is 0 Å². The fraction of sp³-hybridized carbons (Fsp3) is 1.00. The molecule has 0 aliphatic carbocycles. The smallest absolute Gasteiger partial charge is 0.0641 e. The molecule has 112 valence electrons. The summed E-state index contributed by atoms with van der Waals surface area (Å²) in [5.41, 5.74) is 0.220. The van der Waals surface area contributed by atoms with E-state index < -0.39 is 0 Å². The van der Waals surface area contributed by atoms with E-state index in [4.69, 9.17) is 4.74 Å². The molecule has 2 aliphatic rings. The highest BCUT2D eigenvalue weighted by Crippen LogP contribution is 2.32. The topological polar surface area (TPSA) is 24.5 Å². The summed E-state index contributed by atoms with van der Waals surface area (Å²) < 4.78 is 5.34. The quantitative estimate of drug-likeness (QED) is 0.829. The molecule has 19 heavy (non-hydrogen) atoms. The summed E-state index contributed by atoms with van der Waals surface area (Å²) in [5.74, 6) is 1.81. The van der Waals surface area contributed by atoms with Crippen LogP contribution in [0.5, 0.6) is 0 Å². The summed E-state index contributed by atoms with van der Waals surface area (Å²) in [7, 11) is 1.81. The van der Waals surface area contributed by atoms with Gasteiger partial charge in [0.05, 0.1) is 6.61 Å². The lowest BCUT2D eigenvalue weighted by Crippen LogP contribution is -2.40. The van der Waals surface area contributed by atoms with Crippen molar-refractivity contribution >= 4 is 0 Å². The Morgan fingerprint density at radius 2 is 1.95 bits per heavy atom. The lowest BCUT2D eigenvalue weighted by molar-refractivity contribution is 0.122. The third kappa shape index (κ3) is 4.17. The predicted octanol–water partition coefficient (Wildman–Crippen LogP) is 2.51. The van der Waals surface area contributed by atoms with Gasteiger partial charge in [0.1, 0.15) is 0 Å². The molecule has 2 rings (SSSR count). The molecule has 2 fully saturated rings. The first-order chi connectivity index (χ1) is 9.02. The molecule has 0 aromatic rings. The second kappa shape index (κ2) is 6.55. The zero-order valence-electron chi connectivity index (χ0n) is 13.2. The zero-order valence-corrected chi connectivity index (χ0v) is 13.2. The molecule has 2 saturated heterocycles. The molecule has 3 nitrogen and oxygen atoms in total. The van der Waals surface area contributed by atoms with Gasteiger partial charge in [-0.3, -0.25) is 0 Å². The predicted molar refractivity (Wildman–Crippen MR) is 80.4 cm³/mol. The minimum atomic E-state index is 0.220. The van der Waals surface area contributed by atoms with Crippen molar-refractivity contribution in [1.82, 2.24) is 10.2 Å². The maximum atomic E-state index is 5.34. The van der Waals surface area contributed by atoms with Gasteiger partial charge in [0, 0.05) is 18.7 Å². The number of likely N-dealkylation sites (tertiary alicyclic amines) is 1. The average molecular weight is 268 g/mol. The summed E-state index contributed by atoms with van der Waals surface area (Å²) >= 11 is 0. The molecule has 2 aliphatic heterocycles. The number of nitrogens with one attached hydrogen (secondary N) is 1. The van der Waals surface area contributed by atoms with E-state index in [9.17, 15) is 0 Å². The Morgan fingerprint density at radius 3 is 2.53 bits per heavy atom. The highest BCUT2D eigenvalue weighted by Gasteiger charge is 2.35. The van der Waals surface area contributed by atoms with Crippen LogP contribution in [-0.2, 0) is 4.74 Å². The molecule has 0 spiro atoms. The minimum absolute atomic E-state index is 0.220. The molecule has 0 bridgehead atoms. The first-order valence-corrected chi connectivity index (χ1v) is 8.00. The fourth-order valence-electron chi connectivity index (χ4n) is 3.94. The Labute approximate surface area is 119 Å². The SMILES string of the molecule is COCC1(C)CC(CC2CCN(C(C)C)CC2)CN1. The number of piperidine rings is 1. The molecule has 0 aromatic heterocycles. The monoisotopic (exact) mass is 268 g/mol. The summed E-state index contributed by atoms with van der Waals surface area (Å²) in [6, 6.07) is 0.721. The lowest BCUT2D eigenvalue weighted by atomic mass is 9.84. The van der Waals surface area contributed by atoms with Crippen molar-refractivity contribution in [3.05, 3.63) is 0 Å². The zero-order chi connectivity index (χ0) is 13.9. The van der Waals surface area contributed by atoms with Crippen molar-refractivity contribution in [2.75, 3.05) is 33.4 Å².